The van der Waals surface area contributed by atoms with E-state index in [4.69, 9.17) is 5.73 Å². The summed E-state index contributed by atoms with van der Waals surface area (Å²) in [5.41, 5.74) is 5.05. The van der Waals surface area contributed by atoms with E-state index in [2.05, 4.69) is 6.58 Å². The molecule has 9 heavy (non-hydrogen) atoms. The lowest BCUT2D eigenvalue weighted by Crippen LogP contribution is -1.74. The summed E-state index contributed by atoms with van der Waals surface area (Å²) in [6.45, 7) is 7.56. The highest BCUT2D eigenvalue weighted by Gasteiger charge is 1.68. The zero-order valence-corrected chi connectivity index (χ0v) is 6.43. The number of rotatable bonds is 3. The first-order chi connectivity index (χ1) is 4.41. The van der Waals surface area contributed by atoms with Crippen LogP contribution in [0.15, 0.2) is 24.9 Å². The predicted octanol–water partition coefficient (Wildman–Crippen LogP) is 2.45. The Morgan fingerprint density at radius 2 is 1.89 bits per heavy atom. The Kier molecular flexibility index (Phi) is 19.4. The van der Waals surface area contributed by atoms with Gasteiger partial charge in [-0.15, -0.1) is 6.58 Å². The van der Waals surface area contributed by atoms with Crippen molar-refractivity contribution >= 4 is 0 Å². The van der Waals surface area contributed by atoms with Crippen LogP contribution in [0.25, 0.3) is 0 Å². The quantitative estimate of drug-likeness (QED) is 0.457. The Balaban J connectivity index is 0. The van der Waals surface area contributed by atoms with Crippen molar-refractivity contribution in [1.82, 2.24) is 0 Å². The fourth-order valence-electron chi connectivity index (χ4n) is 0.310. The smallest absolute Gasteiger partial charge is 0.0103 e. The second-order valence-electron chi connectivity index (χ2n) is 1.29. The van der Waals surface area contributed by atoms with E-state index in [-0.39, 0.29) is 0 Å². The van der Waals surface area contributed by atoms with E-state index in [1.807, 2.05) is 26.0 Å². The van der Waals surface area contributed by atoms with Gasteiger partial charge < -0.3 is 5.73 Å². The maximum absolute atomic E-state index is 5.05. The molecule has 0 radical (unpaired) electrons. The SMILES string of the molecule is C=CCC/C=C/N.CC. The molecule has 0 atom stereocenters. The van der Waals surface area contributed by atoms with E-state index in [0.29, 0.717) is 0 Å². The molecule has 1 nitrogen and oxygen atoms in total. The summed E-state index contributed by atoms with van der Waals surface area (Å²) in [7, 11) is 0. The highest BCUT2D eigenvalue weighted by molar-refractivity contribution is 4.79. The molecule has 0 fully saturated rings. The van der Waals surface area contributed by atoms with Gasteiger partial charge in [0.2, 0.25) is 0 Å². The van der Waals surface area contributed by atoms with Gasteiger partial charge >= 0.3 is 0 Å². The largest absolute Gasteiger partial charge is 0.405 e. The first-order valence-corrected chi connectivity index (χ1v) is 3.39. The lowest BCUT2D eigenvalue weighted by Gasteiger charge is -1.79. The van der Waals surface area contributed by atoms with Crippen molar-refractivity contribution in [2.45, 2.75) is 26.7 Å². The molecule has 0 saturated carbocycles. The Morgan fingerprint density at radius 1 is 1.33 bits per heavy atom. The van der Waals surface area contributed by atoms with Crippen LogP contribution in [0.4, 0.5) is 0 Å². The van der Waals surface area contributed by atoms with Crippen molar-refractivity contribution < 1.29 is 0 Å². The van der Waals surface area contributed by atoms with E-state index in [0.717, 1.165) is 12.8 Å². The summed E-state index contributed by atoms with van der Waals surface area (Å²) in [5, 5.41) is 0. The van der Waals surface area contributed by atoms with Crippen molar-refractivity contribution in [3.8, 4) is 0 Å². The van der Waals surface area contributed by atoms with Crippen molar-refractivity contribution in [3.05, 3.63) is 24.9 Å². The van der Waals surface area contributed by atoms with Gasteiger partial charge in [0, 0.05) is 0 Å². The molecule has 0 spiro atoms. The number of hydrogen-bond donors (Lipinski definition) is 1. The second kappa shape index (κ2) is 15.7. The summed E-state index contributed by atoms with van der Waals surface area (Å²) in [6.07, 6.45) is 7.39. The lowest BCUT2D eigenvalue weighted by molar-refractivity contribution is 1.05. The van der Waals surface area contributed by atoms with E-state index in [9.17, 15) is 0 Å². The molecule has 0 aliphatic carbocycles. The molecule has 0 heterocycles. The van der Waals surface area contributed by atoms with Crippen LogP contribution >= 0.6 is 0 Å². The van der Waals surface area contributed by atoms with Gasteiger partial charge in [-0.3, -0.25) is 0 Å². The van der Waals surface area contributed by atoms with Gasteiger partial charge in [0.25, 0.3) is 0 Å². The first-order valence-electron chi connectivity index (χ1n) is 3.39. The fraction of sp³-hybridized carbons (Fsp3) is 0.500. The maximum atomic E-state index is 5.05. The fourth-order valence-corrected chi connectivity index (χ4v) is 0.310. The molecular formula is C8H17N. The van der Waals surface area contributed by atoms with Crippen molar-refractivity contribution in [2.24, 2.45) is 5.73 Å². The third-order valence-corrected chi connectivity index (χ3v) is 0.674. The highest BCUT2D eigenvalue weighted by atomic mass is 14.5. The van der Waals surface area contributed by atoms with E-state index < -0.39 is 0 Å². The first kappa shape index (κ1) is 11.1. The van der Waals surface area contributed by atoms with Crippen LogP contribution in [0.3, 0.4) is 0 Å². The monoisotopic (exact) mass is 127 g/mol. The molecule has 0 amide bonds. The number of nitrogens with two attached hydrogens (primary N) is 1. The van der Waals surface area contributed by atoms with Crippen LogP contribution in [0.1, 0.15) is 26.7 Å². The summed E-state index contributed by atoms with van der Waals surface area (Å²) < 4.78 is 0. The summed E-state index contributed by atoms with van der Waals surface area (Å²) in [4.78, 5) is 0. The molecule has 1 heteroatoms. The molecule has 54 valence electrons. The minimum atomic E-state index is 1.01. The average molecular weight is 127 g/mol. The summed E-state index contributed by atoms with van der Waals surface area (Å²) >= 11 is 0. The van der Waals surface area contributed by atoms with E-state index in [1.165, 1.54) is 0 Å². The minimum absolute atomic E-state index is 1.01. The van der Waals surface area contributed by atoms with Crippen molar-refractivity contribution in [3.63, 3.8) is 0 Å². The zero-order chi connectivity index (χ0) is 7.54. The molecule has 0 aromatic carbocycles. The molecule has 0 aromatic heterocycles. The van der Waals surface area contributed by atoms with Gasteiger partial charge in [0.1, 0.15) is 0 Å². The molecule has 0 saturated heterocycles. The van der Waals surface area contributed by atoms with E-state index in [1.54, 1.807) is 6.20 Å². The Bertz CT molecular complexity index is 65.0. The number of hydrogen-bond acceptors (Lipinski definition) is 1. The Morgan fingerprint density at radius 3 is 2.22 bits per heavy atom. The second-order valence-corrected chi connectivity index (χ2v) is 1.29. The maximum Gasteiger partial charge on any atom is -0.0103 e. The molecule has 0 rings (SSSR count). The molecule has 2 N–H and O–H groups in total. The van der Waals surface area contributed by atoms with Crippen molar-refractivity contribution in [1.29, 1.82) is 0 Å². The lowest BCUT2D eigenvalue weighted by atomic mass is 10.3. The highest BCUT2D eigenvalue weighted by Crippen LogP contribution is 1.87. The van der Waals surface area contributed by atoms with Gasteiger partial charge in [-0.05, 0) is 19.0 Å². The average Bonchev–Trinajstić information content (AvgIpc) is 1.94. The predicted molar refractivity (Wildman–Crippen MR) is 44.1 cm³/mol. The number of allylic oxidation sites excluding steroid dienone is 2. The van der Waals surface area contributed by atoms with Crippen LogP contribution in [0.5, 0.6) is 0 Å². The van der Waals surface area contributed by atoms with Gasteiger partial charge in [-0.2, -0.15) is 0 Å². The van der Waals surface area contributed by atoms with Crippen LogP contribution in [-0.2, 0) is 0 Å². The Labute approximate surface area is 58.3 Å². The third kappa shape index (κ3) is 18.9. The van der Waals surface area contributed by atoms with Crippen LogP contribution in [0, 0.1) is 0 Å². The van der Waals surface area contributed by atoms with Crippen molar-refractivity contribution in [2.75, 3.05) is 0 Å². The van der Waals surface area contributed by atoms with Crippen LogP contribution < -0.4 is 5.73 Å². The van der Waals surface area contributed by atoms with Gasteiger partial charge in [-0.25, -0.2) is 0 Å². The molecule has 0 bridgehead atoms. The molecule has 0 aromatic rings. The van der Waals surface area contributed by atoms with Gasteiger partial charge in [-0.1, -0.05) is 26.0 Å². The molecular weight excluding hydrogens is 110 g/mol. The molecule has 0 unspecified atom stereocenters. The Hall–Kier alpha value is -0.720. The molecule has 0 aliphatic rings. The number of unbranched alkanes of at least 4 members (excludes halogenated alkanes) is 1. The topological polar surface area (TPSA) is 26.0 Å². The summed E-state index contributed by atoms with van der Waals surface area (Å²) in [6, 6.07) is 0. The minimum Gasteiger partial charge on any atom is -0.405 e. The van der Waals surface area contributed by atoms with Gasteiger partial charge in [0.15, 0.2) is 0 Å². The standard InChI is InChI=1S/C6H11N.C2H6/c1-2-3-4-5-6-7;1-2/h2,5-6H,1,3-4,7H2;1-2H3/b6-5+;. The van der Waals surface area contributed by atoms with Crippen LogP contribution in [-0.4, -0.2) is 0 Å². The summed E-state index contributed by atoms with van der Waals surface area (Å²) in [5.74, 6) is 0. The van der Waals surface area contributed by atoms with Crippen LogP contribution in [0.2, 0.25) is 0 Å². The van der Waals surface area contributed by atoms with Gasteiger partial charge in [0.05, 0.1) is 0 Å². The molecule has 0 aliphatic heterocycles. The normalized spacial score (nSPS) is 8.22. The third-order valence-electron chi connectivity index (χ3n) is 0.674. The zero-order valence-electron chi connectivity index (χ0n) is 6.43. The van der Waals surface area contributed by atoms with E-state index >= 15 is 0 Å².